The lowest BCUT2D eigenvalue weighted by molar-refractivity contribution is -0.359. The molecule has 2 saturated heterocycles. The Hall–Kier alpha value is -3.35. The summed E-state index contributed by atoms with van der Waals surface area (Å²) < 4.78 is 22.9. The van der Waals surface area contributed by atoms with Crippen LogP contribution in [0, 0.1) is 0 Å². The minimum absolute atomic E-state index is 0.257. The fraction of sp³-hybridized carbons (Fsp3) is 0.756. The number of amides is 1. The van der Waals surface area contributed by atoms with Crippen LogP contribution >= 0.6 is 0 Å². The van der Waals surface area contributed by atoms with Crippen LogP contribution in [0.2, 0.25) is 0 Å². The number of carbonyl (C=O) groups is 1. The summed E-state index contributed by atoms with van der Waals surface area (Å²) in [5, 5.41) is 87.5. The molecule has 2 fully saturated rings. The molecule has 9 N–H and O–H groups in total. The van der Waals surface area contributed by atoms with Crippen molar-refractivity contribution in [1.29, 1.82) is 0 Å². The number of allylic oxidation sites excluding steroid dienone is 17. The van der Waals surface area contributed by atoms with Gasteiger partial charge in [0.2, 0.25) is 5.91 Å². The van der Waals surface area contributed by atoms with Crippen molar-refractivity contribution in [3.63, 3.8) is 0 Å². The first kappa shape index (κ1) is 84.7. The van der Waals surface area contributed by atoms with Gasteiger partial charge in [0.15, 0.2) is 12.6 Å². The van der Waals surface area contributed by atoms with Gasteiger partial charge in [-0.15, -0.1) is 0 Å². The minimum atomic E-state index is -1.80. The topological polar surface area (TPSA) is 228 Å². The Bertz CT molecular complexity index is 1960. The van der Waals surface area contributed by atoms with E-state index in [1.165, 1.54) is 167 Å². The highest BCUT2D eigenvalue weighted by Crippen LogP contribution is 2.30. The van der Waals surface area contributed by atoms with Crippen LogP contribution in [0.15, 0.2) is 109 Å². The lowest BCUT2D eigenvalue weighted by atomic mass is 9.97. The molecule has 1 amide bonds. The van der Waals surface area contributed by atoms with E-state index in [9.17, 15) is 45.6 Å². The molecule has 530 valence electrons. The predicted octanol–water partition coefficient (Wildman–Crippen LogP) is 15.9. The number of ether oxygens (including phenoxy) is 4. The van der Waals surface area contributed by atoms with Gasteiger partial charge in [-0.05, 0) is 89.9 Å². The van der Waals surface area contributed by atoms with Gasteiger partial charge in [0.1, 0.15) is 48.8 Å². The van der Waals surface area contributed by atoms with Crippen LogP contribution in [0.1, 0.15) is 284 Å². The second kappa shape index (κ2) is 61.3. The monoisotopic (exact) mass is 1290 g/mol. The zero-order chi connectivity index (χ0) is 66.6. The maximum Gasteiger partial charge on any atom is 0.220 e. The average Bonchev–Trinajstić information content (AvgIpc) is 0.844. The SMILES string of the molecule is CC/C=C\C/C=C\C/C=C\C/C=C\C/C=C\C/C=C\C/C=C\CCCCCCCCCCCC(=O)NC(COC1OC(CO)C(OC2OC(CO)C(O)C(O)C2O)C(O)C1O)C(O)/C=C/CC/C=C/CCCCCCCCCCCCCCCCCCCCCCC. The van der Waals surface area contributed by atoms with Crippen molar-refractivity contribution in [3.8, 4) is 0 Å². The number of hydrogen-bond donors (Lipinski definition) is 9. The van der Waals surface area contributed by atoms with Crippen molar-refractivity contribution in [2.24, 2.45) is 0 Å². The van der Waals surface area contributed by atoms with Crippen LogP contribution in [-0.2, 0) is 23.7 Å². The first-order chi connectivity index (χ1) is 45.1. The van der Waals surface area contributed by atoms with E-state index < -0.39 is 86.8 Å². The summed E-state index contributed by atoms with van der Waals surface area (Å²) in [7, 11) is 0. The standard InChI is InChI=1S/C78H135NO13/c1-3-5-7-9-11-13-15-17-19-21-23-25-27-29-31-32-33-34-36-38-40-42-44-46-48-50-52-54-56-58-60-62-70(83)79-66(65-89-77-75(88)73(86)76(69(64-81)91-77)92-78-74(87)72(85)71(84)68(63-80)90-78)67(82)61-59-57-55-53-51-49-47-45-43-41-39-37-35-30-28-26-24-22-20-18-16-14-12-10-8-6-4-2/h5,7,11,13,17,19,23,25,29,31,33-34,38,40,51,53,59,61,66-69,71-78,80-82,84-88H,3-4,6,8-10,12,14-16,18,20-22,24,26-28,30,32,35-37,39,41-50,52,54-58,60,62-65H2,1-2H3,(H,79,83)/b7-5-,13-11-,19-17-,25-23-,31-29-,34-33-,40-38-,53-51+,61-59+. The molecule has 14 nitrogen and oxygen atoms in total. The highest BCUT2D eigenvalue weighted by atomic mass is 16.7. The molecular formula is C78H135NO13. The predicted molar refractivity (Wildman–Crippen MR) is 378 cm³/mol. The molecule has 2 heterocycles. The van der Waals surface area contributed by atoms with Crippen molar-refractivity contribution < 1.29 is 64.6 Å². The quantitative estimate of drug-likeness (QED) is 0.0204. The Morgan fingerprint density at radius 2 is 0.761 bits per heavy atom. The van der Waals surface area contributed by atoms with Crippen LogP contribution in [-0.4, -0.2) is 140 Å². The Morgan fingerprint density at radius 3 is 1.20 bits per heavy atom. The molecule has 2 aliphatic rings. The van der Waals surface area contributed by atoms with Crippen molar-refractivity contribution in [2.45, 2.75) is 357 Å². The van der Waals surface area contributed by atoms with Crippen molar-refractivity contribution in [2.75, 3.05) is 19.8 Å². The second-order valence-electron chi connectivity index (χ2n) is 25.7. The largest absolute Gasteiger partial charge is 0.394 e. The van der Waals surface area contributed by atoms with E-state index in [2.05, 4.69) is 116 Å². The fourth-order valence-electron chi connectivity index (χ4n) is 11.6. The van der Waals surface area contributed by atoms with Crippen LogP contribution in [0.4, 0.5) is 0 Å². The van der Waals surface area contributed by atoms with Crippen molar-refractivity contribution in [3.05, 3.63) is 109 Å². The third-order valence-electron chi connectivity index (χ3n) is 17.4. The van der Waals surface area contributed by atoms with E-state index in [1.807, 2.05) is 6.08 Å². The molecule has 0 saturated carbocycles. The highest BCUT2D eigenvalue weighted by molar-refractivity contribution is 5.76. The van der Waals surface area contributed by atoms with Crippen LogP contribution in [0.25, 0.3) is 0 Å². The Morgan fingerprint density at radius 1 is 0.402 bits per heavy atom. The van der Waals surface area contributed by atoms with E-state index in [1.54, 1.807) is 6.08 Å². The number of hydrogen-bond acceptors (Lipinski definition) is 13. The maximum atomic E-state index is 13.4. The summed E-state index contributed by atoms with van der Waals surface area (Å²) >= 11 is 0. The summed E-state index contributed by atoms with van der Waals surface area (Å²) in [6.07, 6.45) is 71.4. The molecule has 0 aromatic rings. The third-order valence-corrected chi connectivity index (χ3v) is 17.4. The van der Waals surface area contributed by atoms with Crippen LogP contribution < -0.4 is 5.32 Å². The number of carbonyl (C=O) groups excluding carboxylic acids is 1. The van der Waals surface area contributed by atoms with Crippen molar-refractivity contribution in [1.82, 2.24) is 5.32 Å². The summed E-state index contributed by atoms with van der Waals surface area (Å²) in [4.78, 5) is 13.4. The zero-order valence-electron chi connectivity index (χ0n) is 57.8. The molecule has 0 radical (unpaired) electrons. The molecule has 2 rings (SSSR count). The van der Waals surface area contributed by atoms with Gasteiger partial charge in [-0.3, -0.25) is 4.79 Å². The van der Waals surface area contributed by atoms with E-state index in [4.69, 9.17) is 18.9 Å². The van der Waals surface area contributed by atoms with E-state index >= 15 is 0 Å². The smallest absolute Gasteiger partial charge is 0.220 e. The number of rotatable bonds is 60. The fourth-order valence-corrected chi connectivity index (χ4v) is 11.6. The molecule has 0 aliphatic carbocycles. The zero-order valence-corrected chi connectivity index (χ0v) is 57.8. The Balaban J connectivity index is 1.69. The van der Waals surface area contributed by atoms with Gasteiger partial charge in [-0.2, -0.15) is 0 Å². The van der Waals surface area contributed by atoms with E-state index in [-0.39, 0.29) is 18.9 Å². The summed E-state index contributed by atoms with van der Waals surface area (Å²) in [5.41, 5.74) is 0. The number of nitrogens with one attached hydrogen (secondary N) is 1. The Kier molecular flexibility index (Phi) is 56.4. The molecular weight excluding hydrogens is 1160 g/mol. The number of aliphatic hydroxyl groups excluding tert-OH is 8. The third kappa shape index (κ3) is 44.4. The first-order valence-electron chi connectivity index (χ1n) is 37.1. The molecule has 0 spiro atoms. The van der Waals surface area contributed by atoms with E-state index in [0.29, 0.717) is 12.8 Å². The molecule has 0 aromatic heterocycles. The summed E-state index contributed by atoms with van der Waals surface area (Å²) in [6, 6.07) is -0.944. The van der Waals surface area contributed by atoms with Gasteiger partial charge >= 0.3 is 0 Å². The number of aliphatic hydroxyl groups is 8. The average molecular weight is 1290 g/mol. The minimum Gasteiger partial charge on any atom is -0.394 e. The van der Waals surface area contributed by atoms with Gasteiger partial charge in [0, 0.05) is 6.42 Å². The van der Waals surface area contributed by atoms with Gasteiger partial charge in [-0.25, -0.2) is 0 Å². The normalized spacial score (nSPS) is 23.3. The molecule has 14 heteroatoms. The van der Waals surface area contributed by atoms with Crippen LogP contribution in [0.3, 0.4) is 0 Å². The maximum absolute atomic E-state index is 13.4. The van der Waals surface area contributed by atoms with E-state index in [0.717, 1.165) is 83.5 Å². The molecule has 0 aromatic carbocycles. The van der Waals surface area contributed by atoms with Crippen LogP contribution in [0.5, 0.6) is 0 Å². The molecule has 12 unspecified atom stereocenters. The molecule has 0 bridgehead atoms. The summed E-state index contributed by atoms with van der Waals surface area (Å²) in [6.45, 7) is 2.69. The lowest BCUT2D eigenvalue weighted by Gasteiger charge is -2.46. The molecule has 12 atom stereocenters. The number of unbranched alkanes of at least 4 members (excludes halogenated alkanes) is 31. The van der Waals surface area contributed by atoms with Crippen molar-refractivity contribution >= 4 is 5.91 Å². The first-order valence-corrected chi connectivity index (χ1v) is 37.1. The molecule has 92 heavy (non-hydrogen) atoms. The Labute approximate surface area is 559 Å². The lowest BCUT2D eigenvalue weighted by Crippen LogP contribution is -2.65. The van der Waals surface area contributed by atoms with Gasteiger partial charge < -0.3 is 65.1 Å². The molecule has 2 aliphatic heterocycles. The highest BCUT2D eigenvalue weighted by Gasteiger charge is 2.51. The second-order valence-corrected chi connectivity index (χ2v) is 25.7. The van der Waals surface area contributed by atoms with Gasteiger partial charge in [0.05, 0.1) is 32.0 Å². The van der Waals surface area contributed by atoms with Gasteiger partial charge in [-0.1, -0.05) is 297 Å². The van der Waals surface area contributed by atoms with Gasteiger partial charge in [0.25, 0.3) is 0 Å². The summed E-state index contributed by atoms with van der Waals surface area (Å²) in [5.74, 6) is -0.257.